The van der Waals surface area contributed by atoms with Crippen molar-refractivity contribution in [1.82, 2.24) is 4.98 Å². The van der Waals surface area contributed by atoms with Crippen molar-refractivity contribution in [3.63, 3.8) is 0 Å². The van der Waals surface area contributed by atoms with Crippen molar-refractivity contribution in [2.24, 2.45) is 0 Å². The predicted octanol–water partition coefficient (Wildman–Crippen LogP) is 2.62. The fraction of sp³-hybridized carbons (Fsp3) is 0.438. The van der Waals surface area contributed by atoms with Crippen LogP contribution in [0, 0.1) is 13.8 Å². The molecular formula is C16H21NO2S. The van der Waals surface area contributed by atoms with E-state index in [1.807, 2.05) is 43.6 Å². The first-order valence-corrected chi connectivity index (χ1v) is 7.67. The third-order valence-electron chi connectivity index (χ3n) is 3.91. The molecule has 2 rings (SSSR count). The summed E-state index contributed by atoms with van der Waals surface area (Å²) in [5.41, 5.74) is 4.45. The van der Waals surface area contributed by atoms with Gasteiger partial charge in [-0.3, -0.25) is 0 Å². The summed E-state index contributed by atoms with van der Waals surface area (Å²) in [5.74, 6) is 0. The van der Waals surface area contributed by atoms with E-state index in [2.05, 4.69) is 4.98 Å². The molecule has 0 spiro atoms. The summed E-state index contributed by atoms with van der Waals surface area (Å²) in [7, 11) is 0. The van der Waals surface area contributed by atoms with Crippen molar-refractivity contribution in [2.45, 2.75) is 32.1 Å². The number of aliphatic hydroxyl groups excluding tert-OH is 2. The van der Waals surface area contributed by atoms with Gasteiger partial charge in [0.2, 0.25) is 0 Å². The predicted molar refractivity (Wildman–Crippen MR) is 82.2 cm³/mol. The monoisotopic (exact) mass is 291 g/mol. The molecule has 3 nitrogen and oxygen atoms in total. The first-order valence-electron chi connectivity index (χ1n) is 6.79. The molecule has 1 aromatic heterocycles. The van der Waals surface area contributed by atoms with E-state index in [9.17, 15) is 10.2 Å². The molecule has 2 N–H and O–H groups in total. The van der Waals surface area contributed by atoms with Gasteiger partial charge < -0.3 is 10.2 Å². The van der Waals surface area contributed by atoms with Crippen molar-refractivity contribution in [2.75, 3.05) is 13.2 Å². The van der Waals surface area contributed by atoms with Gasteiger partial charge >= 0.3 is 0 Å². The van der Waals surface area contributed by atoms with Crippen molar-refractivity contribution < 1.29 is 10.2 Å². The van der Waals surface area contributed by atoms with Gasteiger partial charge in [-0.25, -0.2) is 4.98 Å². The maximum atomic E-state index is 9.85. The molecule has 2 aromatic rings. The molecule has 0 fully saturated rings. The van der Waals surface area contributed by atoms with Crippen LogP contribution in [0.2, 0.25) is 0 Å². The molecule has 0 unspecified atom stereocenters. The molecule has 1 aromatic carbocycles. The molecule has 0 aliphatic carbocycles. The maximum absolute atomic E-state index is 9.85. The number of aryl methyl sites for hydroxylation is 3. The SMILES string of the molecule is Cc1cccc(C(CO)(CO)CCc2scnc2C)c1. The Labute approximate surface area is 123 Å². The van der Waals surface area contributed by atoms with Gasteiger partial charge in [-0.15, -0.1) is 11.3 Å². The van der Waals surface area contributed by atoms with Gasteiger partial charge in [0.15, 0.2) is 0 Å². The number of benzene rings is 1. The molecule has 0 aliphatic heterocycles. The van der Waals surface area contributed by atoms with Crippen LogP contribution in [0.4, 0.5) is 0 Å². The number of hydrogen-bond acceptors (Lipinski definition) is 4. The molecule has 0 bridgehead atoms. The second-order valence-corrected chi connectivity index (χ2v) is 6.27. The van der Waals surface area contributed by atoms with Crippen molar-refractivity contribution >= 4 is 11.3 Å². The van der Waals surface area contributed by atoms with Crippen molar-refractivity contribution in [1.29, 1.82) is 0 Å². The third-order valence-corrected chi connectivity index (χ3v) is 4.91. The Morgan fingerprint density at radius 1 is 1.20 bits per heavy atom. The summed E-state index contributed by atoms with van der Waals surface area (Å²) in [6, 6.07) is 8.03. The summed E-state index contributed by atoms with van der Waals surface area (Å²) in [5, 5.41) is 19.7. The molecule has 0 atom stereocenters. The van der Waals surface area contributed by atoms with Crippen LogP contribution in [0.1, 0.15) is 28.1 Å². The minimum atomic E-state index is -0.581. The van der Waals surface area contributed by atoms with E-state index in [1.165, 1.54) is 4.88 Å². The highest BCUT2D eigenvalue weighted by atomic mass is 32.1. The van der Waals surface area contributed by atoms with Gasteiger partial charge in [0.1, 0.15) is 0 Å². The molecule has 4 heteroatoms. The number of thiazole rings is 1. The highest BCUT2D eigenvalue weighted by Gasteiger charge is 2.31. The average Bonchev–Trinajstić information content (AvgIpc) is 2.86. The molecule has 0 radical (unpaired) electrons. The van der Waals surface area contributed by atoms with E-state index >= 15 is 0 Å². The molecule has 0 amide bonds. The third kappa shape index (κ3) is 3.08. The van der Waals surface area contributed by atoms with Crippen molar-refractivity contribution in [3.8, 4) is 0 Å². The standard InChI is InChI=1S/C16H21NO2S/c1-12-4-3-5-14(8-12)16(9-18,10-19)7-6-15-13(2)17-11-20-15/h3-5,8,11,18-19H,6-7,9-10H2,1-2H3. The van der Waals surface area contributed by atoms with E-state index in [-0.39, 0.29) is 13.2 Å². The molecule has 0 saturated carbocycles. The molecule has 0 aliphatic rings. The molecular weight excluding hydrogens is 270 g/mol. The lowest BCUT2D eigenvalue weighted by Gasteiger charge is -2.30. The Kier molecular flexibility index (Phi) is 4.91. The highest BCUT2D eigenvalue weighted by molar-refractivity contribution is 7.09. The molecule has 0 saturated heterocycles. The first-order chi connectivity index (χ1) is 9.61. The van der Waals surface area contributed by atoms with Gasteiger partial charge in [-0.1, -0.05) is 29.8 Å². The van der Waals surface area contributed by atoms with Gasteiger partial charge in [-0.2, -0.15) is 0 Å². The second kappa shape index (κ2) is 6.48. The minimum Gasteiger partial charge on any atom is -0.395 e. The van der Waals surface area contributed by atoms with Crippen LogP contribution in [-0.4, -0.2) is 28.4 Å². The largest absolute Gasteiger partial charge is 0.395 e. The Bertz CT molecular complexity index is 561. The van der Waals surface area contributed by atoms with Crippen LogP contribution in [0.25, 0.3) is 0 Å². The van der Waals surface area contributed by atoms with E-state index in [4.69, 9.17) is 0 Å². The Balaban J connectivity index is 2.23. The average molecular weight is 291 g/mol. The van der Waals surface area contributed by atoms with Crippen LogP contribution in [0.5, 0.6) is 0 Å². The minimum absolute atomic E-state index is 0.0508. The van der Waals surface area contributed by atoms with E-state index in [1.54, 1.807) is 11.3 Å². The van der Waals surface area contributed by atoms with E-state index in [0.29, 0.717) is 6.42 Å². The van der Waals surface area contributed by atoms with Crippen LogP contribution in [0.3, 0.4) is 0 Å². The van der Waals surface area contributed by atoms with Gasteiger partial charge in [0.25, 0.3) is 0 Å². The Morgan fingerprint density at radius 3 is 2.50 bits per heavy atom. The van der Waals surface area contributed by atoms with E-state index < -0.39 is 5.41 Å². The maximum Gasteiger partial charge on any atom is 0.0797 e. The Hall–Kier alpha value is -1.23. The fourth-order valence-corrected chi connectivity index (χ4v) is 3.21. The normalized spacial score (nSPS) is 11.8. The first kappa shape index (κ1) is 15.2. The zero-order valence-electron chi connectivity index (χ0n) is 12.0. The quantitative estimate of drug-likeness (QED) is 0.860. The zero-order valence-corrected chi connectivity index (χ0v) is 12.8. The van der Waals surface area contributed by atoms with Gasteiger partial charge in [-0.05, 0) is 32.3 Å². The number of nitrogens with zero attached hydrogens (tertiary/aromatic N) is 1. The number of rotatable bonds is 6. The van der Waals surface area contributed by atoms with Crippen LogP contribution >= 0.6 is 11.3 Å². The summed E-state index contributed by atoms with van der Waals surface area (Å²) in [4.78, 5) is 5.48. The Morgan fingerprint density at radius 2 is 1.95 bits per heavy atom. The highest BCUT2D eigenvalue weighted by Crippen LogP contribution is 2.30. The van der Waals surface area contributed by atoms with Crippen LogP contribution in [0.15, 0.2) is 29.8 Å². The van der Waals surface area contributed by atoms with Crippen LogP contribution in [-0.2, 0) is 11.8 Å². The smallest absolute Gasteiger partial charge is 0.0797 e. The van der Waals surface area contributed by atoms with Gasteiger partial charge in [0, 0.05) is 10.3 Å². The van der Waals surface area contributed by atoms with Gasteiger partial charge in [0.05, 0.1) is 24.4 Å². The summed E-state index contributed by atoms with van der Waals surface area (Å²) < 4.78 is 0. The summed E-state index contributed by atoms with van der Waals surface area (Å²) >= 11 is 1.64. The molecule has 20 heavy (non-hydrogen) atoms. The fourth-order valence-electron chi connectivity index (χ4n) is 2.43. The molecule has 1 heterocycles. The lowest BCUT2D eigenvalue weighted by Crippen LogP contribution is -2.35. The topological polar surface area (TPSA) is 53.4 Å². The van der Waals surface area contributed by atoms with Crippen molar-refractivity contribution in [3.05, 3.63) is 51.5 Å². The van der Waals surface area contributed by atoms with Crippen LogP contribution < -0.4 is 0 Å². The second-order valence-electron chi connectivity index (χ2n) is 5.33. The summed E-state index contributed by atoms with van der Waals surface area (Å²) in [6.45, 7) is 3.92. The number of hydrogen-bond donors (Lipinski definition) is 2. The zero-order chi connectivity index (χ0) is 14.6. The van der Waals surface area contributed by atoms with E-state index in [0.717, 1.165) is 23.2 Å². The lowest BCUT2D eigenvalue weighted by molar-refractivity contribution is 0.109. The molecule has 108 valence electrons. The number of aromatic nitrogens is 1. The lowest BCUT2D eigenvalue weighted by atomic mass is 9.77. The number of aliphatic hydroxyl groups is 2. The summed E-state index contributed by atoms with van der Waals surface area (Å²) in [6.07, 6.45) is 1.54.